The Hall–Kier alpha value is -1.13. The van der Waals surface area contributed by atoms with E-state index in [1.807, 2.05) is 13.8 Å². The van der Waals surface area contributed by atoms with Gasteiger partial charge in [-0.05, 0) is 6.07 Å². The molecule has 0 aliphatic rings. The van der Waals surface area contributed by atoms with Gasteiger partial charge in [-0.15, -0.1) is 11.3 Å². The fourth-order valence-corrected chi connectivity index (χ4v) is 2.33. The van der Waals surface area contributed by atoms with Crippen molar-refractivity contribution < 1.29 is 9.53 Å². The SMILES string of the molecule is CC.COC(=O)c1csc2c(Cl)ccnc12. The van der Waals surface area contributed by atoms with Gasteiger partial charge >= 0.3 is 5.97 Å². The number of aromatic nitrogens is 1. The van der Waals surface area contributed by atoms with E-state index < -0.39 is 0 Å². The van der Waals surface area contributed by atoms with Crippen LogP contribution in [0, 0.1) is 0 Å². The van der Waals surface area contributed by atoms with Crippen molar-refractivity contribution in [2.24, 2.45) is 0 Å². The summed E-state index contributed by atoms with van der Waals surface area (Å²) in [5, 5.41) is 2.31. The molecule has 86 valence electrons. The molecule has 2 heterocycles. The highest BCUT2D eigenvalue weighted by Gasteiger charge is 2.14. The summed E-state index contributed by atoms with van der Waals surface area (Å²) in [7, 11) is 1.34. The number of carbonyl (C=O) groups is 1. The Kier molecular flexibility index (Phi) is 4.71. The van der Waals surface area contributed by atoms with Crippen molar-refractivity contribution in [2.45, 2.75) is 13.8 Å². The van der Waals surface area contributed by atoms with Gasteiger partial charge in [-0.25, -0.2) is 4.79 Å². The van der Waals surface area contributed by atoms with E-state index in [0.29, 0.717) is 16.1 Å². The number of pyridine rings is 1. The van der Waals surface area contributed by atoms with Gasteiger partial charge in [0.1, 0.15) is 0 Å². The summed E-state index contributed by atoms with van der Waals surface area (Å²) >= 11 is 7.33. The summed E-state index contributed by atoms with van der Waals surface area (Å²) in [5.74, 6) is -0.383. The Morgan fingerprint density at radius 3 is 2.81 bits per heavy atom. The van der Waals surface area contributed by atoms with Crippen LogP contribution in [0.15, 0.2) is 17.6 Å². The first-order chi connectivity index (χ1) is 7.74. The zero-order valence-electron chi connectivity index (χ0n) is 9.28. The van der Waals surface area contributed by atoms with Crippen LogP contribution in [-0.4, -0.2) is 18.1 Å². The maximum absolute atomic E-state index is 11.3. The molecule has 0 aliphatic heterocycles. The summed E-state index contributed by atoms with van der Waals surface area (Å²) in [5.41, 5.74) is 1.07. The van der Waals surface area contributed by atoms with Crippen LogP contribution in [0.3, 0.4) is 0 Å². The molecular weight excluding hydrogens is 246 g/mol. The Morgan fingerprint density at radius 1 is 1.50 bits per heavy atom. The van der Waals surface area contributed by atoms with Crippen molar-refractivity contribution in [1.29, 1.82) is 0 Å². The molecule has 0 aliphatic carbocycles. The molecule has 0 bridgehead atoms. The molecule has 0 unspecified atom stereocenters. The van der Waals surface area contributed by atoms with Crippen molar-refractivity contribution in [1.82, 2.24) is 4.98 Å². The molecule has 0 atom stereocenters. The number of thiophene rings is 1. The first kappa shape index (κ1) is 12.9. The molecule has 0 aromatic carbocycles. The molecule has 0 N–H and O–H groups in total. The summed E-state index contributed by atoms with van der Waals surface area (Å²) < 4.78 is 5.44. The molecule has 0 radical (unpaired) electrons. The lowest BCUT2D eigenvalue weighted by atomic mass is 10.3. The molecule has 2 aromatic heterocycles. The predicted octanol–water partition coefficient (Wildman–Crippen LogP) is 3.76. The lowest BCUT2D eigenvalue weighted by Crippen LogP contribution is -1.99. The molecule has 2 aromatic rings. The molecular formula is C11H12ClNO2S. The van der Waals surface area contributed by atoms with Gasteiger partial charge in [-0.1, -0.05) is 25.4 Å². The zero-order valence-corrected chi connectivity index (χ0v) is 10.9. The number of esters is 1. The zero-order chi connectivity index (χ0) is 12.1. The number of halogens is 1. The topological polar surface area (TPSA) is 39.2 Å². The van der Waals surface area contributed by atoms with Crippen LogP contribution in [-0.2, 0) is 4.74 Å². The Bertz CT molecular complexity index is 496. The fourth-order valence-electron chi connectivity index (χ4n) is 1.16. The summed E-state index contributed by atoms with van der Waals surface area (Å²) in [6.45, 7) is 4.00. The Labute approximate surface area is 103 Å². The predicted molar refractivity (Wildman–Crippen MR) is 67.3 cm³/mol. The third-order valence-electron chi connectivity index (χ3n) is 1.81. The van der Waals surface area contributed by atoms with E-state index in [1.165, 1.54) is 18.4 Å². The molecule has 5 heteroatoms. The highest BCUT2D eigenvalue weighted by Crippen LogP contribution is 2.30. The van der Waals surface area contributed by atoms with Gasteiger partial charge in [0.05, 0.1) is 27.9 Å². The molecule has 0 fully saturated rings. The first-order valence-electron chi connectivity index (χ1n) is 4.84. The van der Waals surface area contributed by atoms with Crippen molar-refractivity contribution in [2.75, 3.05) is 7.11 Å². The van der Waals surface area contributed by atoms with Crippen LogP contribution in [0.5, 0.6) is 0 Å². The van der Waals surface area contributed by atoms with Gasteiger partial charge in [0.25, 0.3) is 0 Å². The molecule has 16 heavy (non-hydrogen) atoms. The minimum atomic E-state index is -0.383. The highest BCUT2D eigenvalue weighted by molar-refractivity contribution is 7.18. The maximum Gasteiger partial charge on any atom is 0.340 e. The Balaban J connectivity index is 0.000000606. The second-order valence-corrected chi connectivity index (χ2v) is 3.90. The average molecular weight is 258 g/mol. The van der Waals surface area contributed by atoms with Gasteiger partial charge < -0.3 is 4.74 Å². The highest BCUT2D eigenvalue weighted by atomic mass is 35.5. The minimum Gasteiger partial charge on any atom is -0.465 e. The second-order valence-electron chi connectivity index (χ2n) is 2.61. The number of ether oxygens (including phenoxy) is 1. The van der Waals surface area contributed by atoms with E-state index in [4.69, 9.17) is 11.6 Å². The molecule has 0 saturated heterocycles. The number of hydrogen-bond acceptors (Lipinski definition) is 4. The number of carbonyl (C=O) groups excluding carboxylic acids is 1. The van der Waals surface area contributed by atoms with E-state index in [1.54, 1.807) is 17.6 Å². The summed E-state index contributed by atoms with van der Waals surface area (Å²) in [6.07, 6.45) is 1.57. The van der Waals surface area contributed by atoms with Crippen molar-refractivity contribution in [3.05, 3.63) is 28.2 Å². The average Bonchev–Trinajstić information content (AvgIpc) is 2.76. The number of nitrogens with zero attached hydrogens (tertiary/aromatic N) is 1. The minimum absolute atomic E-state index is 0.383. The normalized spacial score (nSPS) is 9.50. The second kappa shape index (κ2) is 5.82. The van der Waals surface area contributed by atoms with Crippen LogP contribution in [0.4, 0.5) is 0 Å². The van der Waals surface area contributed by atoms with Crippen LogP contribution in [0.2, 0.25) is 5.02 Å². The van der Waals surface area contributed by atoms with Crippen molar-refractivity contribution >= 4 is 39.1 Å². The van der Waals surface area contributed by atoms with Gasteiger partial charge in [0, 0.05) is 11.6 Å². The number of fused-ring (bicyclic) bond motifs is 1. The van der Waals surface area contributed by atoms with Crippen LogP contribution >= 0.6 is 22.9 Å². The largest absolute Gasteiger partial charge is 0.465 e. The van der Waals surface area contributed by atoms with Crippen molar-refractivity contribution in [3.63, 3.8) is 0 Å². The number of methoxy groups -OCH3 is 1. The third kappa shape index (κ3) is 2.33. The van der Waals surface area contributed by atoms with E-state index in [-0.39, 0.29) is 5.97 Å². The van der Waals surface area contributed by atoms with E-state index >= 15 is 0 Å². The van der Waals surface area contributed by atoms with Gasteiger partial charge in [0.15, 0.2) is 0 Å². The quantitative estimate of drug-likeness (QED) is 0.730. The maximum atomic E-state index is 11.3. The smallest absolute Gasteiger partial charge is 0.340 e. The van der Waals surface area contributed by atoms with Gasteiger partial charge in [-0.3, -0.25) is 4.98 Å². The molecule has 0 spiro atoms. The van der Waals surface area contributed by atoms with E-state index in [0.717, 1.165) is 4.70 Å². The molecule has 3 nitrogen and oxygen atoms in total. The first-order valence-corrected chi connectivity index (χ1v) is 6.10. The third-order valence-corrected chi connectivity index (χ3v) is 3.24. The molecule has 0 amide bonds. The Morgan fingerprint density at radius 2 is 2.19 bits per heavy atom. The number of rotatable bonds is 1. The van der Waals surface area contributed by atoms with E-state index in [9.17, 15) is 4.79 Å². The monoisotopic (exact) mass is 257 g/mol. The lowest BCUT2D eigenvalue weighted by Gasteiger charge is -1.96. The molecule has 0 saturated carbocycles. The van der Waals surface area contributed by atoms with Gasteiger partial charge in [-0.2, -0.15) is 0 Å². The van der Waals surface area contributed by atoms with Crippen LogP contribution in [0.25, 0.3) is 10.2 Å². The van der Waals surface area contributed by atoms with Crippen LogP contribution < -0.4 is 0 Å². The summed E-state index contributed by atoms with van der Waals surface area (Å²) in [6, 6.07) is 1.70. The summed E-state index contributed by atoms with van der Waals surface area (Å²) in [4.78, 5) is 15.4. The molecule has 2 rings (SSSR count). The van der Waals surface area contributed by atoms with Crippen molar-refractivity contribution in [3.8, 4) is 0 Å². The van der Waals surface area contributed by atoms with E-state index in [2.05, 4.69) is 9.72 Å². The van der Waals surface area contributed by atoms with Gasteiger partial charge in [0.2, 0.25) is 0 Å². The fraction of sp³-hybridized carbons (Fsp3) is 0.273. The standard InChI is InChI=1S/C9H6ClNO2S.C2H6/c1-13-9(12)5-4-14-8-6(10)2-3-11-7(5)8;1-2/h2-4H,1H3;1-2H3. The number of hydrogen-bond donors (Lipinski definition) is 0. The lowest BCUT2D eigenvalue weighted by molar-refractivity contribution is 0.0603. The van der Waals surface area contributed by atoms with Crippen LogP contribution in [0.1, 0.15) is 24.2 Å².